The van der Waals surface area contributed by atoms with Gasteiger partial charge in [0.15, 0.2) is 0 Å². The Morgan fingerprint density at radius 2 is 2.29 bits per heavy atom. The van der Waals surface area contributed by atoms with Gasteiger partial charge in [-0.05, 0) is 49.9 Å². The smallest absolute Gasteiger partial charge is 0.0895 e. The fourth-order valence-electron chi connectivity index (χ4n) is 1.86. The highest BCUT2D eigenvalue weighted by molar-refractivity contribution is 7.03. The van der Waals surface area contributed by atoms with Crippen molar-refractivity contribution < 1.29 is 0 Å². The normalized spacial score (nSPS) is 20.1. The number of aromatic nitrogens is 2. The summed E-state index contributed by atoms with van der Waals surface area (Å²) >= 11 is 1.43. The molecule has 14 heavy (non-hydrogen) atoms. The summed E-state index contributed by atoms with van der Waals surface area (Å²) in [7, 11) is 0. The lowest BCUT2D eigenvalue weighted by Gasteiger charge is -2.30. The molecule has 0 spiro atoms. The van der Waals surface area contributed by atoms with Crippen molar-refractivity contribution in [3.05, 3.63) is 11.1 Å². The molecule has 0 atom stereocenters. The van der Waals surface area contributed by atoms with E-state index in [1.807, 2.05) is 5.38 Å². The van der Waals surface area contributed by atoms with Crippen molar-refractivity contribution in [2.24, 2.45) is 11.7 Å². The second-order valence-electron chi connectivity index (χ2n) is 3.85. The molecule has 0 aromatic carbocycles. The fourth-order valence-corrected chi connectivity index (χ4v) is 2.30. The van der Waals surface area contributed by atoms with Crippen molar-refractivity contribution >= 4 is 11.5 Å². The average molecular weight is 212 g/mol. The molecule has 0 aliphatic carbocycles. The summed E-state index contributed by atoms with van der Waals surface area (Å²) in [6.45, 7) is 4.10. The third kappa shape index (κ3) is 2.50. The molecule has 0 amide bonds. The fraction of sp³-hybridized carbons (Fsp3) is 0.778. The van der Waals surface area contributed by atoms with Crippen LogP contribution in [0.25, 0.3) is 0 Å². The Morgan fingerprint density at radius 1 is 1.50 bits per heavy atom. The minimum atomic E-state index is 0.736. The van der Waals surface area contributed by atoms with Crippen molar-refractivity contribution in [1.82, 2.24) is 14.5 Å². The van der Waals surface area contributed by atoms with Gasteiger partial charge in [0, 0.05) is 11.9 Å². The Kier molecular flexibility index (Phi) is 3.44. The highest BCUT2D eigenvalue weighted by Crippen LogP contribution is 2.17. The van der Waals surface area contributed by atoms with Crippen LogP contribution < -0.4 is 5.73 Å². The van der Waals surface area contributed by atoms with Crippen LogP contribution in [-0.2, 0) is 6.54 Å². The summed E-state index contributed by atoms with van der Waals surface area (Å²) in [6, 6.07) is 0. The molecule has 2 rings (SSSR count). The molecule has 1 aromatic rings. The van der Waals surface area contributed by atoms with Crippen molar-refractivity contribution in [1.29, 1.82) is 0 Å². The van der Waals surface area contributed by atoms with Gasteiger partial charge in [0.25, 0.3) is 0 Å². The second kappa shape index (κ2) is 4.82. The summed E-state index contributed by atoms with van der Waals surface area (Å²) < 4.78 is 3.86. The first-order chi connectivity index (χ1) is 6.88. The average Bonchev–Trinajstić information content (AvgIpc) is 2.72. The predicted octanol–water partition coefficient (Wildman–Crippen LogP) is 0.709. The minimum Gasteiger partial charge on any atom is -0.330 e. The predicted molar refractivity (Wildman–Crippen MR) is 57.0 cm³/mol. The van der Waals surface area contributed by atoms with Crippen LogP contribution in [0.3, 0.4) is 0 Å². The van der Waals surface area contributed by atoms with E-state index in [0.717, 1.165) is 37.8 Å². The number of hydrogen-bond donors (Lipinski definition) is 1. The zero-order chi connectivity index (χ0) is 9.80. The molecule has 5 heteroatoms. The third-order valence-corrected chi connectivity index (χ3v) is 3.38. The van der Waals surface area contributed by atoms with Gasteiger partial charge in [-0.1, -0.05) is 4.49 Å². The molecule has 1 aliphatic heterocycles. The van der Waals surface area contributed by atoms with Gasteiger partial charge in [-0.2, -0.15) is 0 Å². The Morgan fingerprint density at radius 3 is 2.86 bits per heavy atom. The maximum absolute atomic E-state index is 5.65. The summed E-state index contributed by atoms with van der Waals surface area (Å²) in [5, 5.41) is 6.07. The third-order valence-electron chi connectivity index (χ3n) is 2.83. The lowest BCUT2D eigenvalue weighted by molar-refractivity contribution is 0.178. The zero-order valence-corrected chi connectivity index (χ0v) is 9.04. The van der Waals surface area contributed by atoms with Crippen molar-refractivity contribution in [2.75, 3.05) is 19.6 Å². The molecular formula is C9H16N4S. The molecule has 0 bridgehead atoms. The van der Waals surface area contributed by atoms with E-state index in [9.17, 15) is 0 Å². The monoisotopic (exact) mass is 212 g/mol. The van der Waals surface area contributed by atoms with Crippen LogP contribution in [0.15, 0.2) is 5.38 Å². The van der Waals surface area contributed by atoms with E-state index in [1.54, 1.807) is 0 Å². The SMILES string of the molecule is NCC1CCN(Cc2csnn2)CC1. The lowest BCUT2D eigenvalue weighted by atomic mass is 9.97. The number of nitrogens with two attached hydrogens (primary N) is 1. The highest BCUT2D eigenvalue weighted by atomic mass is 32.1. The Labute approximate surface area is 88.3 Å². The maximum atomic E-state index is 5.65. The molecular weight excluding hydrogens is 196 g/mol. The first-order valence-corrected chi connectivity index (χ1v) is 5.90. The van der Waals surface area contributed by atoms with Crippen LogP contribution in [0, 0.1) is 5.92 Å². The number of likely N-dealkylation sites (tertiary alicyclic amines) is 1. The standard InChI is InChI=1S/C9H16N4S/c10-5-8-1-3-13(4-2-8)6-9-7-14-12-11-9/h7-8H,1-6,10H2. The van der Waals surface area contributed by atoms with E-state index < -0.39 is 0 Å². The van der Waals surface area contributed by atoms with Crippen LogP contribution in [0.2, 0.25) is 0 Å². The Hall–Kier alpha value is -0.520. The van der Waals surface area contributed by atoms with E-state index in [2.05, 4.69) is 14.5 Å². The van der Waals surface area contributed by atoms with E-state index in [4.69, 9.17) is 5.73 Å². The Balaban J connectivity index is 1.79. The molecule has 0 radical (unpaired) electrons. The van der Waals surface area contributed by atoms with Gasteiger partial charge in [-0.25, -0.2) is 0 Å². The Bertz CT molecular complexity index is 254. The van der Waals surface area contributed by atoms with Gasteiger partial charge in [-0.15, -0.1) is 5.10 Å². The minimum absolute atomic E-state index is 0.736. The summed E-state index contributed by atoms with van der Waals surface area (Å²) in [5.41, 5.74) is 6.74. The van der Waals surface area contributed by atoms with Crippen molar-refractivity contribution in [3.63, 3.8) is 0 Å². The van der Waals surface area contributed by atoms with E-state index in [-0.39, 0.29) is 0 Å². The van der Waals surface area contributed by atoms with Gasteiger partial charge in [-0.3, -0.25) is 4.90 Å². The first kappa shape index (κ1) is 10.0. The van der Waals surface area contributed by atoms with E-state index in [0.29, 0.717) is 0 Å². The summed E-state index contributed by atoms with van der Waals surface area (Å²) in [4.78, 5) is 2.43. The zero-order valence-electron chi connectivity index (χ0n) is 8.22. The van der Waals surface area contributed by atoms with Crippen LogP contribution in [0.5, 0.6) is 0 Å². The van der Waals surface area contributed by atoms with Gasteiger partial charge in [0.05, 0.1) is 5.69 Å². The van der Waals surface area contributed by atoms with E-state index in [1.165, 1.54) is 24.4 Å². The molecule has 1 fully saturated rings. The molecule has 1 saturated heterocycles. The highest BCUT2D eigenvalue weighted by Gasteiger charge is 2.18. The summed E-state index contributed by atoms with van der Waals surface area (Å²) in [6.07, 6.45) is 2.46. The molecule has 2 heterocycles. The molecule has 4 nitrogen and oxygen atoms in total. The second-order valence-corrected chi connectivity index (χ2v) is 4.46. The molecule has 0 unspecified atom stereocenters. The van der Waals surface area contributed by atoms with Crippen LogP contribution in [0.1, 0.15) is 18.5 Å². The summed E-state index contributed by atoms with van der Waals surface area (Å²) in [5.74, 6) is 0.736. The molecule has 0 saturated carbocycles. The number of piperidine rings is 1. The van der Waals surface area contributed by atoms with Crippen LogP contribution >= 0.6 is 11.5 Å². The molecule has 1 aromatic heterocycles. The van der Waals surface area contributed by atoms with Gasteiger partial charge in [0.2, 0.25) is 0 Å². The quantitative estimate of drug-likeness (QED) is 0.801. The number of hydrogen-bond acceptors (Lipinski definition) is 5. The van der Waals surface area contributed by atoms with Gasteiger partial charge >= 0.3 is 0 Å². The van der Waals surface area contributed by atoms with Crippen LogP contribution in [-0.4, -0.2) is 34.1 Å². The van der Waals surface area contributed by atoms with Crippen molar-refractivity contribution in [2.45, 2.75) is 19.4 Å². The topological polar surface area (TPSA) is 55.0 Å². The molecule has 1 aliphatic rings. The van der Waals surface area contributed by atoms with Gasteiger partial charge in [0.1, 0.15) is 0 Å². The molecule has 78 valence electrons. The van der Waals surface area contributed by atoms with Gasteiger partial charge < -0.3 is 5.73 Å². The van der Waals surface area contributed by atoms with Crippen molar-refractivity contribution in [3.8, 4) is 0 Å². The number of rotatable bonds is 3. The largest absolute Gasteiger partial charge is 0.330 e. The van der Waals surface area contributed by atoms with Crippen LogP contribution in [0.4, 0.5) is 0 Å². The number of nitrogens with zero attached hydrogens (tertiary/aromatic N) is 3. The maximum Gasteiger partial charge on any atom is 0.0895 e. The first-order valence-electron chi connectivity index (χ1n) is 5.07. The van der Waals surface area contributed by atoms with E-state index >= 15 is 0 Å². The lowest BCUT2D eigenvalue weighted by Crippen LogP contribution is -2.35. The molecule has 2 N–H and O–H groups in total.